The highest BCUT2D eigenvalue weighted by Gasteiger charge is 2.40. The quantitative estimate of drug-likeness (QED) is 0.287. The molecule has 5 heterocycles. The normalized spacial score (nSPS) is 24.5. The van der Waals surface area contributed by atoms with Gasteiger partial charge >= 0.3 is 0 Å². The molecule has 15 heteroatoms. The molecule has 5 aliphatic rings. The lowest BCUT2D eigenvalue weighted by Crippen LogP contribution is -2.52. The molecular formula is C42H48ClN9O5. The number of carbonyl (C=O) groups excluding carboxylic acids is 4. The number of rotatable bonds is 9. The van der Waals surface area contributed by atoms with E-state index < -0.39 is 11.5 Å². The maximum atomic E-state index is 13.4. The minimum absolute atomic E-state index is 0.0246. The van der Waals surface area contributed by atoms with Crippen molar-refractivity contribution in [3.05, 3.63) is 70.2 Å². The van der Waals surface area contributed by atoms with Crippen molar-refractivity contribution in [2.24, 2.45) is 11.3 Å². The van der Waals surface area contributed by atoms with Crippen LogP contribution in [0.3, 0.4) is 0 Å². The summed E-state index contributed by atoms with van der Waals surface area (Å²) in [4.78, 5) is 59.3. The minimum Gasteiger partial charge on any atom is -0.490 e. The molecule has 4 aliphatic heterocycles. The standard InChI is InChI=1S/C42H48ClN9O5/c1-42(14-10-31(11-15-42)57-32-4-2-28(24-44)34(43)23-32)41(56)45-36-7-8-37(48-47-36)51-16-12-27(13-17-51)25-49-18-20-50(21-19-49)30-3-5-33-29(22-30)26-52(40(33)55)35-6-9-38(53)46-39(35)54/h2-5,7-8,22-23,27,31,35H,6,9-21,25-26H2,1H3,(H,45,47,56)(H,46,53,54). The average molecular weight is 794 g/mol. The van der Waals surface area contributed by atoms with Gasteiger partial charge in [-0.1, -0.05) is 18.5 Å². The van der Waals surface area contributed by atoms with Gasteiger partial charge < -0.3 is 24.8 Å². The summed E-state index contributed by atoms with van der Waals surface area (Å²) in [5, 5.41) is 23.7. The van der Waals surface area contributed by atoms with Gasteiger partial charge in [0.25, 0.3) is 5.91 Å². The van der Waals surface area contributed by atoms with Gasteiger partial charge in [-0.3, -0.25) is 29.4 Å². The Hall–Kier alpha value is -5.26. The predicted molar refractivity (Wildman–Crippen MR) is 214 cm³/mol. The van der Waals surface area contributed by atoms with Gasteiger partial charge in [-0.2, -0.15) is 5.26 Å². The first-order chi connectivity index (χ1) is 27.5. The van der Waals surface area contributed by atoms with Crippen LogP contribution in [0.15, 0.2) is 48.5 Å². The summed E-state index contributed by atoms with van der Waals surface area (Å²) in [6.45, 7) is 9.01. The van der Waals surface area contributed by atoms with Crippen molar-refractivity contribution in [2.75, 3.05) is 60.9 Å². The molecule has 1 atom stereocenters. The van der Waals surface area contributed by atoms with E-state index in [9.17, 15) is 19.2 Å². The number of nitriles is 1. The van der Waals surface area contributed by atoms with E-state index in [4.69, 9.17) is 21.6 Å². The summed E-state index contributed by atoms with van der Waals surface area (Å²) in [5.74, 6) is 1.63. The van der Waals surface area contributed by atoms with Crippen LogP contribution in [-0.2, 0) is 20.9 Å². The van der Waals surface area contributed by atoms with E-state index in [0.717, 1.165) is 88.6 Å². The number of piperazine rings is 1. The van der Waals surface area contributed by atoms with Crippen molar-refractivity contribution in [3.8, 4) is 11.8 Å². The molecule has 14 nitrogen and oxygen atoms in total. The Morgan fingerprint density at radius 1 is 0.947 bits per heavy atom. The van der Waals surface area contributed by atoms with E-state index in [1.807, 2.05) is 31.2 Å². The fourth-order valence-electron chi connectivity index (χ4n) is 8.91. The third-order valence-electron chi connectivity index (χ3n) is 12.5. The summed E-state index contributed by atoms with van der Waals surface area (Å²) >= 11 is 6.17. The molecule has 0 radical (unpaired) electrons. The highest BCUT2D eigenvalue weighted by atomic mass is 35.5. The lowest BCUT2D eigenvalue weighted by atomic mass is 9.74. The number of carbonyl (C=O) groups is 4. The number of hydrogen-bond acceptors (Lipinski definition) is 11. The van der Waals surface area contributed by atoms with Crippen molar-refractivity contribution in [3.63, 3.8) is 0 Å². The van der Waals surface area contributed by atoms with Crippen LogP contribution in [0, 0.1) is 22.7 Å². The third-order valence-corrected chi connectivity index (χ3v) is 12.9. The first kappa shape index (κ1) is 38.6. The van der Waals surface area contributed by atoms with Gasteiger partial charge in [-0.15, -0.1) is 10.2 Å². The van der Waals surface area contributed by atoms with Crippen LogP contribution in [-0.4, -0.2) is 102 Å². The molecule has 0 bridgehead atoms. The first-order valence-corrected chi connectivity index (χ1v) is 20.4. The second-order valence-corrected chi connectivity index (χ2v) is 16.7. The number of anilines is 3. The number of aromatic nitrogens is 2. The van der Waals surface area contributed by atoms with Gasteiger partial charge in [0.1, 0.15) is 17.9 Å². The van der Waals surface area contributed by atoms with Crippen LogP contribution in [0.2, 0.25) is 5.02 Å². The second kappa shape index (κ2) is 16.3. The predicted octanol–water partition coefficient (Wildman–Crippen LogP) is 4.77. The zero-order valence-electron chi connectivity index (χ0n) is 32.2. The van der Waals surface area contributed by atoms with Crippen molar-refractivity contribution in [1.82, 2.24) is 25.3 Å². The molecular weight excluding hydrogens is 746 g/mol. The Balaban J connectivity index is 0.753. The van der Waals surface area contributed by atoms with E-state index in [1.165, 1.54) is 0 Å². The Morgan fingerprint density at radius 2 is 1.72 bits per heavy atom. The summed E-state index contributed by atoms with van der Waals surface area (Å²) in [5.41, 5.74) is 2.55. The molecule has 1 unspecified atom stereocenters. The summed E-state index contributed by atoms with van der Waals surface area (Å²) in [6.07, 6.45) is 5.55. The molecule has 3 aromatic rings. The van der Waals surface area contributed by atoms with E-state index in [0.29, 0.717) is 59.4 Å². The molecule has 1 aliphatic carbocycles. The molecule has 2 aromatic carbocycles. The van der Waals surface area contributed by atoms with Gasteiger partial charge in [0, 0.05) is 81.5 Å². The molecule has 8 rings (SSSR count). The fraction of sp³-hybridized carbons (Fsp3) is 0.500. The van der Waals surface area contributed by atoms with Crippen LogP contribution in [0.25, 0.3) is 0 Å². The third kappa shape index (κ3) is 8.41. The zero-order valence-corrected chi connectivity index (χ0v) is 33.0. The zero-order chi connectivity index (χ0) is 39.7. The number of nitrogens with one attached hydrogen (secondary N) is 2. The molecule has 1 aromatic heterocycles. The smallest absolute Gasteiger partial charge is 0.255 e. The molecule has 4 fully saturated rings. The van der Waals surface area contributed by atoms with Crippen LogP contribution < -0.4 is 25.2 Å². The van der Waals surface area contributed by atoms with Crippen LogP contribution >= 0.6 is 11.6 Å². The highest BCUT2D eigenvalue weighted by molar-refractivity contribution is 6.31. The van der Waals surface area contributed by atoms with Crippen molar-refractivity contribution in [2.45, 2.75) is 77.0 Å². The lowest BCUT2D eigenvalue weighted by Gasteiger charge is -2.40. The summed E-state index contributed by atoms with van der Waals surface area (Å²) in [6, 6.07) is 16.3. The number of benzene rings is 2. The number of ether oxygens (including phenoxy) is 1. The molecule has 0 spiro atoms. The number of halogens is 1. The van der Waals surface area contributed by atoms with E-state index in [-0.39, 0.29) is 36.2 Å². The monoisotopic (exact) mass is 793 g/mol. The molecule has 1 saturated carbocycles. The molecule has 2 N–H and O–H groups in total. The average Bonchev–Trinajstić information content (AvgIpc) is 3.54. The number of nitrogens with zero attached hydrogens (tertiary/aromatic N) is 7. The maximum absolute atomic E-state index is 13.4. The Kier molecular flexibility index (Phi) is 11.0. The highest BCUT2D eigenvalue weighted by Crippen LogP contribution is 2.39. The van der Waals surface area contributed by atoms with E-state index in [2.05, 4.69) is 47.7 Å². The fourth-order valence-corrected chi connectivity index (χ4v) is 9.12. The Morgan fingerprint density at radius 3 is 2.40 bits per heavy atom. The lowest BCUT2D eigenvalue weighted by molar-refractivity contribution is -0.137. The van der Waals surface area contributed by atoms with Gasteiger partial charge in [0.05, 0.1) is 16.7 Å². The SMILES string of the molecule is CC1(C(=O)Nc2ccc(N3CCC(CN4CCN(c5ccc6c(c5)CN(C5CCC(=O)NC5=O)C6=O)CC4)CC3)nn2)CCC(Oc2ccc(C#N)c(Cl)c2)CC1. The molecule has 3 saturated heterocycles. The van der Waals surface area contributed by atoms with Crippen LogP contribution in [0.4, 0.5) is 17.3 Å². The summed E-state index contributed by atoms with van der Waals surface area (Å²) in [7, 11) is 0. The largest absolute Gasteiger partial charge is 0.490 e. The number of hydrogen-bond donors (Lipinski definition) is 2. The number of imide groups is 1. The van der Waals surface area contributed by atoms with Crippen LogP contribution in [0.1, 0.15) is 79.8 Å². The van der Waals surface area contributed by atoms with Gasteiger partial charge in [-0.25, -0.2) is 0 Å². The van der Waals surface area contributed by atoms with Crippen LogP contribution in [0.5, 0.6) is 5.75 Å². The Bertz CT molecular complexity index is 2070. The topological polar surface area (TPSA) is 164 Å². The molecule has 298 valence electrons. The maximum Gasteiger partial charge on any atom is 0.255 e. The number of piperidine rings is 2. The van der Waals surface area contributed by atoms with Crippen molar-refractivity contribution in [1.29, 1.82) is 5.26 Å². The van der Waals surface area contributed by atoms with Gasteiger partial charge in [0.2, 0.25) is 17.7 Å². The molecule has 57 heavy (non-hydrogen) atoms. The Labute approximate surface area is 337 Å². The van der Waals surface area contributed by atoms with Crippen molar-refractivity contribution >= 4 is 52.6 Å². The second-order valence-electron chi connectivity index (χ2n) is 16.3. The van der Waals surface area contributed by atoms with E-state index in [1.54, 1.807) is 23.1 Å². The van der Waals surface area contributed by atoms with E-state index >= 15 is 0 Å². The first-order valence-electron chi connectivity index (χ1n) is 20.1. The minimum atomic E-state index is -0.605. The van der Waals surface area contributed by atoms with Gasteiger partial charge in [0.15, 0.2) is 11.6 Å². The number of amides is 4. The number of fused-ring (bicyclic) bond motifs is 1. The molecule has 4 amide bonds. The summed E-state index contributed by atoms with van der Waals surface area (Å²) < 4.78 is 6.12. The van der Waals surface area contributed by atoms with Crippen molar-refractivity contribution < 1.29 is 23.9 Å². The van der Waals surface area contributed by atoms with Gasteiger partial charge in [-0.05, 0) is 98.9 Å².